The number of aromatic amines is 1. The third-order valence-electron chi connectivity index (χ3n) is 4.14. The Hall–Kier alpha value is -3.39. The maximum Gasteiger partial charge on any atom is 0.179 e. The van der Waals surface area contributed by atoms with E-state index in [1.54, 1.807) is 22.0 Å². The van der Waals surface area contributed by atoms with Crippen LogP contribution in [0.25, 0.3) is 5.57 Å². The van der Waals surface area contributed by atoms with Gasteiger partial charge in [0.15, 0.2) is 6.19 Å². The number of hydrogen-bond acceptors (Lipinski definition) is 6. The second kappa shape index (κ2) is 5.43. The summed E-state index contributed by atoms with van der Waals surface area (Å²) < 4.78 is 1.76. The van der Waals surface area contributed by atoms with Gasteiger partial charge < -0.3 is 21.4 Å². The topological polar surface area (TPSA) is 136 Å². The van der Waals surface area contributed by atoms with Gasteiger partial charge in [-0.05, 0) is 6.07 Å². The number of rotatable bonds is 4. The average Bonchev–Trinajstić information content (AvgIpc) is 3.14. The van der Waals surface area contributed by atoms with E-state index in [0.717, 1.165) is 16.7 Å². The van der Waals surface area contributed by atoms with Gasteiger partial charge in [0.1, 0.15) is 11.4 Å². The monoisotopic (exact) mass is 308 g/mol. The van der Waals surface area contributed by atoms with Crippen LogP contribution in [-0.4, -0.2) is 32.8 Å². The predicted molar refractivity (Wildman–Crippen MR) is 84.1 cm³/mol. The van der Waals surface area contributed by atoms with E-state index in [4.69, 9.17) is 22.0 Å². The highest BCUT2D eigenvalue weighted by Crippen LogP contribution is 2.33. The van der Waals surface area contributed by atoms with Crippen molar-refractivity contribution in [1.29, 1.82) is 10.5 Å². The van der Waals surface area contributed by atoms with Gasteiger partial charge in [-0.2, -0.15) is 15.6 Å². The number of H-pyrrole nitrogens is 1. The highest BCUT2D eigenvalue weighted by Gasteiger charge is 2.45. The summed E-state index contributed by atoms with van der Waals surface area (Å²) in [4.78, 5) is 4.51. The quantitative estimate of drug-likeness (QED) is 0.705. The first kappa shape index (κ1) is 14.5. The minimum Gasteiger partial charge on any atom is -0.404 e. The fourth-order valence-corrected chi connectivity index (χ4v) is 2.90. The second-order valence-electron chi connectivity index (χ2n) is 5.57. The summed E-state index contributed by atoms with van der Waals surface area (Å²) in [5.41, 5.74) is 13.6. The normalized spacial score (nSPS) is 16.4. The smallest absolute Gasteiger partial charge is 0.179 e. The van der Waals surface area contributed by atoms with Gasteiger partial charge in [0.05, 0.1) is 31.8 Å². The van der Waals surface area contributed by atoms with Crippen LogP contribution >= 0.6 is 0 Å². The van der Waals surface area contributed by atoms with Crippen molar-refractivity contribution < 1.29 is 0 Å². The van der Waals surface area contributed by atoms with E-state index >= 15 is 0 Å². The zero-order valence-corrected chi connectivity index (χ0v) is 12.4. The first-order valence-corrected chi connectivity index (χ1v) is 7.06. The van der Waals surface area contributed by atoms with Crippen LogP contribution in [0, 0.1) is 22.8 Å². The lowest BCUT2D eigenvalue weighted by Gasteiger charge is -2.46. The summed E-state index contributed by atoms with van der Waals surface area (Å²) in [5.74, 6) is 0.528. The highest BCUT2D eigenvalue weighted by molar-refractivity contribution is 5.83. The molecule has 8 heteroatoms. The lowest BCUT2D eigenvalue weighted by Crippen LogP contribution is -2.60. The van der Waals surface area contributed by atoms with Crippen molar-refractivity contribution >= 4 is 11.4 Å². The van der Waals surface area contributed by atoms with Gasteiger partial charge in [-0.1, -0.05) is 0 Å². The number of hydrogen-bond donors (Lipinski definition) is 3. The Kier molecular flexibility index (Phi) is 3.43. The summed E-state index contributed by atoms with van der Waals surface area (Å²) in [6.07, 6.45) is 9.14. The zero-order valence-electron chi connectivity index (χ0n) is 12.4. The van der Waals surface area contributed by atoms with Gasteiger partial charge in [0.25, 0.3) is 0 Å². The summed E-state index contributed by atoms with van der Waals surface area (Å²) in [6.45, 7) is 0.957. The molecule has 1 fully saturated rings. The van der Waals surface area contributed by atoms with Crippen LogP contribution in [-0.2, 0) is 5.54 Å². The molecule has 0 unspecified atom stereocenters. The Morgan fingerprint density at radius 3 is 2.83 bits per heavy atom. The van der Waals surface area contributed by atoms with Crippen molar-refractivity contribution in [2.75, 3.05) is 18.8 Å². The molecule has 0 spiro atoms. The standard InChI is InChI=1S/C15H16N8/c16-3-2-15(8-22(9-15)10-18)23-7-11(6-21-23)13(5-17)12-1-4-20-14(12)19/h1,4-7,20H,2,8-9,17,19H2/b13-5-. The fraction of sp³-hybridized carbons (Fsp3) is 0.267. The van der Waals surface area contributed by atoms with Crippen molar-refractivity contribution in [2.24, 2.45) is 5.73 Å². The molecule has 0 radical (unpaired) electrons. The third kappa shape index (κ3) is 2.27. The Bertz CT molecular complexity index is 822. The molecule has 0 saturated carbocycles. The van der Waals surface area contributed by atoms with E-state index in [2.05, 4.69) is 22.3 Å². The molecule has 5 N–H and O–H groups in total. The molecule has 0 aromatic carbocycles. The van der Waals surface area contributed by atoms with Crippen molar-refractivity contribution in [3.05, 3.63) is 42.0 Å². The SMILES string of the molecule is N#CCC1(n2cc(/C(=C/N)c3cc[nH]c3N)cn2)CN(C#N)C1. The lowest BCUT2D eigenvalue weighted by molar-refractivity contribution is 0.0504. The predicted octanol–water partition coefficient (Wildman–Crippen LogP) is 0.547. The fourth-order valence-electron chi connectivity index (χ4n) is 2.90. The molecule has 1 aliphatic heterocycles. The maximum atomic E-state index is 9.09. The molecule has 23 heavy (non-hydrogen) atoms. The van der Waals surface area contributed by atoms with Crippen molar-refractivity contribution in [3.8, 4) is 12.3 Å². The minimum absolute atomic E-state index is 0.292. The largest absolute Gasteiger partial charge is 0.404 e. The lowest BCUT2D eigenvalue weighted by atomic mass is 9.87. The van der Waals surface area contributed by atoms with Crippen LogP contribution in [0.5, 0.6) is 0 Å². The van der Waals surface area contributed by atoms with Crippen LogP contribution < -0.4 is 11.5 Å². The van der Waals surface area contributed by atoms with Gasteiger partial charge in [0.2, 0.25) is 0 Å². The van der Waals surface area contributed by atoms with Crippen molar-refractivity contribution in [2.45, 2.75) is 12.0 Å². The summed E-state index contributed by atoms with van der Waals surface area (Å²) >= 11 is 0. The van der Waals surface area contributed by atoms with Gasteiger partial charge in [-0.25, -0.2) is 0 Å². The van der Waals surface area contributed by atoms with Gasteiger partial charge >= 0.3 is 0 Å². The van der Waals surface area contributed by atoms with E-state index in [9.17, 15) is 0 Å². The van der Waals surface area contributed by atoms with E-state index in [-0.39, 0.29) is 0 Å². The van der Waals surface area contributed by atoms with Gasteiger partial charge in [-0.15, -0.1) is 0 Å². The number of nitrogen functional groups attached to an aromatic ring is 1. The van der Waals surface area contributed by atoms with Crippen molar-refractivity contribution in [3.63, 3.8) is 0 Å². The molecular formula is C15H16N8. The van der Waals surface area contributed by atoms with E-state index in [0.29, 0.717) is 25.3 Å². The van der Waals surface area contributed by atoms with E-state index in [1.165, 1.54) is 6.20 Å². The Morgan fingerprint density at radius 1 is 1.48 bits per heavy atom. The van der Waals surface area contributed by atoms with Crippen LogP contribution in [0.2, 0.25) is 0 Å². The molecule has 0 aliphatic carbocycles. The van der Waals surface area contributed by atoms with E-state index in [1.807, 2.05) is 12.3 Å². The second-order valence-corrected chi connectivity index (χ2v) is 5.57. The van der Waals surface area contributed by atoms with Crippen molar-refractivity contribution in [1.82, 2.24) is 19.7 Å². The summed E-state index contributed by atoms with van der Waals surface area (Å²) in [5, 5.41) is 22.4. The van der Waals surface area contributed by atoms with Gasteiger partial charge in [-0.3, -0.25) is 4.68 Å². The minimum atomic E-state index is -0.466. The maximum absolute atomic E-state index is 9.09. The number of anilines is 1. The average molecular weight is 308 g/mol. The van der Waals surface area contributed by atoms with E-state index < -0.39 is 5.54 Å². The molecule has 0 bridgehead atoms. The third-order valence-corrected chi connectivity index (χ3v) is 4.14. The molecule has 1 aliphatic rings. The summed E-state index contributed by atoms with van der Waals surface area (Å²) in [6, 6.07) is 4.03. The number of nitrogens with two attached hydrogens (primary N) is 2. The first-order chi connectivity index (χ1) is 11.1. The summed E-state index contributed by atoms with van der Waals surface area (Å²) in [7, 11) is 0. The molecule has 3 heterocycles. The Balaban J connectivity index is 1.93. The molecule has 2 aromatic rings. The molecule has 2 aromatic heterocycles. The Labute approximate surface area is 133 Å². The molecule has 0 atom stereocenters. The van der Waals surface area contributed by atoms with Crippen LogP contribution in [0.1, 0.15) is 17.5 Å². The first-order valence-electron chi connectivity index (χ1n) is 7.06. The number of nitriles is 2. The molecule has 3 rings (SSSR count). The van der Waals surface area contributed by atoms with Crippen LogP contribution in [0.4, 0.5) is 5.82 Å². The Morgan fingerprint density at radius 2 is 2.26 bits per heavy atom. The number of nitrogens with zero attached hydrogens (tertiary/aromatic N) is 5. The molecule has 116 valence electrons. The molecule has 8 nitrogen and oxygen atoms in total. The molecule has 0 amide bonds. The van der Waals surface area contributed by atoms with Crippen LogP contribution in [0.3, 0.4) is 0 Å². The molecule has 1 saturated heterocycles. The number of likely N-dealkylation sites (tertiary alicyclic amines) is 1. The molecular weight excluding hydrogens is 292 g/mol. The number of nitrogens with one attached hydrogen (secondary N) is 1. The van der Waals surface area contributed by atoms with Gasteiger partial charge in [0, 0.05) is 35.3 Å². The highest BCUT2D eigenvalue weighted by atomic mass is 15.4. The van der Waals surface area contributed by atoms with Crippen LogP contribution in [0.15, 0.2) is 30.9 Å². The zero-order chi connectivity index (χ0) is 16.4. The number of aromatic nitrogens is 3.